The molecule has 1 saturated heterocycles. The topological polar surface area (TPSA) is 71.1 Å². The average Bonchev–Trinajstić information content (AvgIpc) is 2.87. The highest BCUT2D eigenvalue weighted by Gasteiger charge is 2.25. The first-order valence-corrected chi connectivity index (χ1v) is 6.48. The van der Waals surface area contributed by atoms with E-state index in [1.807, 2.05) is 19.1 Å². The molecule has 0 aromatic heterocycles. The number of ether oxygens (including phenoxy) is 1. The Hall–Kier alpha value is -1.75. The maximum Gasteiger partial charge on any atom is 0.172 e. The minimum atomic E-state index is 0.158. The summed E-state index contributed by atoms with van der Waals surface area (Å²) in [4.78, 5) is 2.28. The van der Waals surface area contributed by atoms with E-state index in [0.29, 0.717) is 5.92 Å². The fourth-order valence-corrected chi connectivity index (χ4v) is 2.60. The first-order valence-electron chi connectivity index (χ1n) is 6.48. The molecular weight excluding hydrogens is 242 g/mol. The third-order valence-electron chi connectivity index (χ3n) is 3.57. The number of methoxy groups -OCH3 is 1. The lowest BCUT2D eigenvalue weighted by Gasteiger charge is -2.22. The van der Waals surface area contributed by atoms with Crippen LogP contribution in [0.2, 0.25) is 0 Å². The third-order valence-corrected chi connectivity index (χ3v) is 3.57. The zero-order chi connectivity index (χ0) is 13.8. The van der Waals surface area contributed by atoms with Crippen molar-refractivity contribution in [1.82, 2.24) is 0 Å². The lowest BCUT2D eigenvalue weighted by atomic mass is 10.1. The smallest absolute Gasteiger partial charge is 0.172 e. The van der Waals surface area contributed by atoms with Crippen molar-refractivity contribution in [2.75, 3.05) is 31.7 Å². The molecule has 1 unspecified atom stereocenters. The zero-order valence-electron chi connectivity index (χ0n) is 11.5. The maximum absolute atomic E-state index is 8.89. The van der Waals surface area contributed by atoms with Gasteiger partial charge in [-0.25, -0.2) is 0 Å². The highest BCUT2D eigenvalue weighted by molar-refractivity contribution is 6.02. The molecule has 0 spiro atoms. The van der Waals surface area contributed by atoms with E-state index in [9.17, 15) is 0 Å². The lowest BCUT2D eigenvalue weighted by Crippen LogP contribution is -2.25. The molecule has 1 aromatic rings. The van der Waals surface area contributed by atoms with Crippen LogP contribution in [0.15, 0.2) is 23.4 Å². The monoisotopic (exact) mass is 263 g/mol. The van der Waals surface area contributed by atoms with Crippen molar-refractivity contribution in [1.29, 1.82) is 0 Å². The molecule has 1 aliphatic heterocycles. The van der Waals surface area contributed by atoms with Crippen LogP contribution in [-0.4, -0.2) is 37.8 Å². The van der Waals surface area contributed by atoms with E-state index in [1.165, 1.54) is 5.56 Å². The normalized spacial score (nSPS) is 20.0. The second-order valence-corrected chi connectivity index (χ2v) is 5.06. The molecule has 1 fully saturated rings. The summed E-state index contributed by atoms with van der Waals surface area (Å²) in [5.41, 5.74) is 8.74. The molecule has 1 atom stereocenters. The number of hydrogen-bond acceptors (Lipinski definition) is 4. The first kappa shape index (κ1) is 13.7. The molecule has 104 valence electrons. The SMILES string of the molecule is COCC1CCN(c2cc(C)ccc2C(N)=NO)C1. The molecule has 0 amide bonds. The average molecular weight is 263 g/mol. The maximum atomic E-state index is 8.89. The number of nitrogens with two attached hydrogens (primary N) is 1. The molecule has 0 saturated carbocycles. The van der Waals surface area contributed by atoms with Crippen molar-refractivity contribution >= 4 is 11.5 Å². The fourth-order valence-electron chi connectivity index (χ4n) is 2.60. The number of amidine groups is 1. The molecule has 1 aliphatic rings. The van der Waals surface area contributed by atoms with Crippen molar-refractivity contribution in [3.05, 3.63) is 29.3 Å². The van der Waals surface area contributed by atoms with Gasteiger partial charge in [0.2, 0.25) is 0 Å². The van der Waals surface area contributed by atoms with E-state index in [1.54, 1.807) is 7.11 Å². The molecule has 5 nitrogen and oxygen atoms in total. The van der Waals surface area contributed by atoms with E-state index >= 15 is 0 Å². The van der Waals surface area contributed by atoms with E-state index in [2.05, 4.69) is 16.1 Å². The van der Waals surface area contributed by atoms with Gasteiger partial charge in [-0.05, 0) is 31.0 Å². The highest BCUT2D eigenvalue weighted by Crippen LogP contribution is 2.28. The number of aryl methyl sites for hydroxylation is 1. The van der Waals surface area contributed by atoms with Crippen LogP contribution in [0.1, 0.15) is 17.5 Å². The van der Waals surface area contributed by atoms with Gasteiger partial charge >= 0.3 is 0 Å². The first-order chi connectivity index (χ1) is 9.15. The molecule has 0 aliphatic carbocycles. The van der Waals surface area contributed by atoms with Crippen molar-refractivity contribution in [2.45, 2.75) is 13.3 Å². The van der Waals surface area contributed by atoms with Gasteiger partial charge in [-0.15, -0.1) is 0 Å². The van der Waals surface area contributed by atoms with Gasteiger partial charge in [0, 0.05) is 37.4 Å². The fraction of sp³-hybridized carbons (Fsp3) is 0.500. The molecule has 19 heavy (non-hydrogen) atoms. The number of oxime groups is 1. The molecular formula is C14H21N3O2. The number of rotatable bonds is 4. The van der Waals surface area contributed by atoms with Gasteiger partial charge in [0.1, 0.15) is 0 Å². The number of benzene rings is 1. The Balaban J connectivity index is 2.26. The largest absolute Gasteiger partial charge is 0.409 e. The van der Waals surface area contributed by atoms with Gasteiger partial charge in [0.15, 0.2) is 5.84 Å². The van der Waals surface area contributed by atoms with Crippen LogP contribution in [0.25, 0.3) is 0 Å². The zero-order valence-corrected chi connectivity index (χ0v) is 11.5. The molecule has 0 bridgehead atoms. The van der Waals surface area contributed by atoms with E-state index in [4.69, 9.17) is 15.7 Å². The number of nitrogens with zero attached hydrogens (tertiary/aromatic N) is 2. The second kappa shape index (κ2) is 5.93. The van der Waals surface area contributed by atoms with E-state index < -0.39 is 0 Å². The number of anilines is 1. The molecule has 3 N–H and O–H groups in total. The van der Waals surface area contributed by atoms with Crippen LogP contribution >= 0.6 is 0 Å². The van der Waals surface area contributed by atoms with Crippen molar-refractivity contribution in [2.24, 2.45) is 16.8 Å². The Labute approximate surface area is 113 Å². The molecule has 5 heteroatoms. The van der Waals surface area contributed by atoms with Gasteiger partial charge < -0.3 is 20.6 Å². The van der Waals surface area contributed by atoms with Crippen LogP contribution in [0.5, 0.6) is 0 Å². The van der Waals surface area contributed by atoms with Crippen LogP contribution < -0.4 is 10.6 Å². The lowest BCUT2D eigenvalue weighted by molar-refractivity contribution is 0.161. The van der Waals surface area contributed by atoms with Gasteiger partial charge in [-0.2, -0.15) is 0 Å². The summed E-state index contributed by atoms with van der Waals surface area (Å²) >= 11 is 0. The summed E-state index contributed by atoms with van der Waals surface area (Å²) in [6.07, 6.45) is 1.11. The Morgan fingerprint density at radius 3 is 3.05 bits per heavy atom. The van der Waals surface area contributed by atoms with Crippen LogP contribution in [0, 0.1) is 12.8 Å². The Morgan fingerprint density at radius 1 is 1.58 bits per heavy atom. The van der Waals surface area contributed by atoms with E-state index in [0.717, 1.165) is 37.4 Å². The van der Waals surface area contributed by atoms with E-state index in [-0.39, 0.29) is 5.84 Å². The van der Waals surface area contributed by atoms with Crippen LogP contribution in [0.3, 0.4) is 0 Å². The predicted molar refractivity (Wildman–Crippen MR) is 75.9 cm³/mol. The van der Waals surface area contributed by atoms with Gasteiger partial charge in [-0.3, -0.25) is 0 Å². The Morgan fingerprint density at radius 2 is 2.37 bits per heavy atom. The summed E-state index contributed by atoms with van der Waals surface area (Å²) < 4.78 is 5.22. The molecule has 2 rings (SSSR count). The minimum Gasteiger partial charge on any atom is -0.409 e. The molecule has 1 aromatic carbocycles. The van der Waals surface area contributed by atoms with Gasteiger partial charge in [0.25, 0.3) is 0 Å². The summed E-state index contributed by atoms with van der Waals surface area (Å²) in [6, 6.07) is 5.96. The van der Waals surface area contributed by atoms with Crippen LogP contribution in [0.4, 0.5) is 5.69 Å². The minimum absolute atomic E-state index is 0.158. The van der Waals surface area contributed by atoms with Crippen molar-refractivity contribution < 1.29 is 9.94 Å². The van der Waals surface area contributed by atoms with Crippen LogP contribution in [-0.2, 0) is 4.74 Å². The summed E-state index contributed by atoms with van der Waals surface area (Å²) in [6.45, 7) is 4.75. The quantitative estimate of drug-likeness (QED) is 0.374. The molecule has 0 radical (unpaired) electrons. The summed E-state index contributed by atoms with van der Waals surface area (Å²) in [5, 5.41) is 12.0. The Kier molecular flexibility index (Phi) is 4.27. The van der Waals surface area contributed by atoms with Gasteiger partial charge in [0.05, 0.1) is 6.61 Å². The van der Waals surface area contributed by atoms with Gasteiger partial charge in [-0.1, -0.05) is 11.2 Å². The summed E-state index contributed by atoms with van der Waals surface area (Å²) in [7, 11) is 1.73. The van der Waals surface area contributed by atoms with Crippen molar-refractivity contribution in [3.63, 3.8) is 0 Å². The Bertz CT molecular complexity index is 474. The second-order valence-electron chi connectivity index (χ2n) is 5.06. The molecule has 1 heterocycles. The standard InChI is InChI=1S/C14H21N3O2/c1-10-3-4-12(14(15)16-18)13(7-10)17-6-5-11(8-17)9-19-2/h3-4,7,11,18H,5-6,8-9H2,1-2H3,(H2,15,16). The van der Waals surface area contributed by atoms with Crippen molar-refractivity contribution in [3.8, 4) is 0 Å². The predicted octanol–water partition coefficient (Wildman–Crippen LogP) is 1.56. The summed E-state index contributed by atoms with van der Waals surface area (Å²) in [5.74, 6) is 0.704. The number of hydrogen-bond donors (Lipinski definition) is 2. The highest BCUT2D eigenvalue weighted by atomic mass is 16.5. The third kappa shape index (κ3) is 2.98.